The largest absolute Gasteiger partial charge is 0.481 e. The Morgan fingerprint density at radius 1 is 1.29 bits per heavy atom. The summed E-state index contributed by atoms with van der Waals surface area (Å²) in [6.45, 7) is 6.69. The van der Waals surface area contributed by atoms with Crippen LogP contribution in [0.5, 0.6) is 0 Å². The van der Waals surface area contributed by atoms with Gasteiger partial charge >= 0.3 is 5.97 Å². The molecule has 0 aromatic heterocycles. The van der Waals surface area contributed by atoms with Crippen molar-refractivity contribution in [3.63, 3.8) is 0 Å². The summed E-state index contributed by atoms with van der Waals surface area (Å²) in [6, 6.07) is 0. The molecule has 0 rings (SSSR count). The maximum absolute atomic E-state index is 11.8. The third-order valence-electron chi connectivity index (χ3n) is 2.94. The van der Waals surface area contributed by atoms with Crippen LogP contribution in [0, 0.1) is 11.8 Å². The molecule has 0 fully saturated rings. The van der Waals surface area contributed by atoms with Gasteiger partial charge in [0.1, 0.15) is 0 Å². The molecule has 0 saturated heterocycles. The molecule has 0 aromatic rings. The van der Waals surface area contributed by atoms with E-state index in [1.165, 1.54) is 11.8 Å². The van der Waals surface area contributed by atoms with E-state index in [1.54, 1.807) is 0 Å². The Morgan fingerprint density at radius 3 is 2.35 bits per heavy atom. The first-order valence-corrected chi connectivity index (χ1v) is 7.25. The van der Waals surface area contributed by atoms with E-state index in [2.05, 4.69) is 19.2 Å². The molecule has 0 aliphatic carbocycles. The van der Waals surface area contributed by atoms with Crippen LogP contribution < -0.4 is 5.32 Å². The van der Waals surface area contributed by atoms with Crippen molar-refractivity contribution in [1.29, 1.82) is 0 Å². The number of thioether (sulfide) groups is 1. The van der Waals surface area contributed by atoms with Gasteiger partial charge in [-0.3, -0.25) is 9.59 Å². The SMILES string of the molecule is CCC(CC)C(C)C(=O)NCCSCC(=O)O. The molecule has 17 heavy (non-hydrogen) atoms. The van der Waals surface area contributed by atoms with Crippen LogP contribution in [0.1, 0.15) is 33.6 Å². The molecule has 5 heteroatoms. The maximum atomic E-state index is 11.8. The second kappa shape index (κ2) is 9.33. The molecule has 0 bridgehead atoms. The fourth-order valence-corrected chi connectivity index (χ4v) is 2.34. The zero-order valence-corrected chi connectivity index (χ0v) is 11.7. The first-order chi connectivity index (χ1) is 8.02. The summed E-state index contributed by atoms with van der Waals surface area (Å²) in [5, 5.41) is 11.3. The van der Waals surface area contributed by atoms with Crippen molar-refractivity contribution in [1.82, 2.24) is 5.32 Å². The highest BCUT2D eigenvalue weighted by Crippen LogP contribution is 2.18. The van der Waals surface area contributed by atoms with Crippen LogP contribution in [0.3, 0.4) is 0 Å². The molecule has 0 saturated carbocycles. The number of amides is 1. The summed E-state index contributed by atoms with van der Waals surface area (Å²) in [4.78, 5) is 22.0. The molecule has 1 atom stereocenters. The maximum Gasteiger partial charge on any atom is 0.313 e. The van der Waals surface area contributed by atoms with Crippen molar-refractivity contribution >= 4 is 23.6 Å². The van der Waals surface area contributed by atoms with Gasteiger partial charge in [-0.1, -0.05) is 33.6 Å². The van der Waals surface area contributed by atoms with Gasteiger partial charge in [-0.05, 0) is 5.92 Å². The number of carboxylic acid groups (broad SMARTS) is 1. The van der Waals surface area contributed by atoms with E-state index in [4.69, 9.17) is 5.11 Å². The van der Waals surface area contributed by atoms with E-state index in [9.17, 15) is 9.59 Å². The highest BCUT2D eigenvalue weighted by Gasteiger charge is 2.20. The molecule has 0 radical (unpaired) electrons. The molecule has 1 unspecified atom stereocenters. The van der Waals surface area contributed by atoms with Gasteiger partial charge < -0.3 is 10.4 Å². The summed E-state index contributed by atoms with van der Waals surface area (Å²) in [6.07, 6.45) is 2.03. The number of carbonyl (C=O) groups excluding carboxylic acids is 1. The Balaban J connectivity index is 3.74. The fraction of sp³-hybridized carbons (Fsp3) is 0.833. The fourth-order valence-electron chi connectivity index (χ4n) is 1.78. The van der Waals surface area contributed by atoms with Crippen LogP contribution in [-0.2, 0) is 9.59 Å². The highest BCUT2D eigenvalue weighted by molar-refractivity contribution is 7.99. The number of carbonyl (C=O) groups is 2. The van der Waals surface area contributed by atoms with Crippen LogP contribution in [0.25, 0.3) is 0 Å². The van der Waals surface area contributed by atoms with Gasteiger partial charge in [-0.25, -0.2) is 0 Å². The summed E-state index contributed by atoms with van der Waals surface area (Å²) < 4.78 is 0. The van der Waals surface area contributed by atoms with Crippen LogP contribution in [0.15, 0.2) is 0 Å². The third kappa shape index (κ3) is 7.26. The lowest BCUT2D eigenvalue weighted by Gasteiger charge is -2.20. The molecular weight excluding hydrogens is 238 g/mol. The van der Waals surface area contributed by atoms with Crippen LogP contribution in [0.4, 0.5) is 0 Å². The molecular formula is C12H23NO3S. The van der Waals surface area contributed by atoms with E-state index < -0.39 is 5.97 Å². The third-order valence-corrected chi connectivity index (χ3v) is 3.88. The van der Waals surface area contributed by atoms with Gasteiger partial charge in [0.05, 0.1) is 5.75 Å². The van der Waals surface area contributed by atoms with Crippen molar-refractivity contribution in [2.75, 3.05) is 18.1 Å². The van der Waals surface area contributed by atoms with Crippen LogP contribution >= 0.6 is 11.8 Å². The first-order valence-electron chi connectivity index (χ1n) is 6.10. The zero-order valence-electron chi connectivity index (χ0n) is 10.9. The first kappa shape index (κ1) is 16.3. The van der Waals surface area contributed by atoms with Gasteiger partial charge in [-0.15, -0.1) is 11.8 Å². The van der Waals surface area contributed by atoms with Gasteiger partial charge in [0.2, 0.25) is 5.91 Å². The van der Waals surface area contributed by atoms with E-state index >= 15 is 0 Å². The van der Waals surface area contributed by atoms with Gasteiger partial charge in [-0.2, -0.15) is 0 Å². The normalized spacial score (nSPS) is 12.5. The predicted octanol–water partition coefficient (Wildman–Crippen LogP) is 1.99. The van der Waals surface area contributed by atoms with E-state index in [-0.39, 0.29) is 17.6 Å². The Kier molecular flexibility index (Phi) is 8.94. The van der Waals surface area contributed by atoms with Crippen LogP contribution in [0.2, 0.25) is 0 Å². The summed E-state index contributed by atoms with van der Waals surface area (Å²) in [7, 11) is 0. The van der Waals surface area contributed by atoms with Crippen molar-refractivity contribution in [2.24, 2.45) is 11.8 Å². The second-order valence-corrected chi connectivity index (χ2v) is 5.21. The molecule has 2 N–H and O–H groups in total. The van der Waals surface area contributed by atoms with Crippen LogP contribution in [-0.4, -0.2) is 35.0 Å². The van der Waals surface area contributed by atoms with Crippen molar-refractivity contribution in [3.8, 4) is 0 Å². The summed E-state index contributed by atoms with van der Waals surface area (Å²) >= 11 is 1.32. The lowest BCUT2D eigenvalue weighted by molar-refractivity contribution is -0.134. The monoisotopic (exact) mass is 261 g/mol. The average molecular weight is 261 g/mol. The predicted molar refractivity (Wildman–Crippen MR) is 71.2 cm³/mol. The smallest absolute Gasteiger partial charge is 0.313 e. The van der Waals surface area contributed by atoms with E-state index in [0.29, 0.717) is 18.2 Å². The molecule has 0 spiro atoms. The number of rotatable bonds is 9. The quantitative estimate of drug-likeness (QED) is 0.623. The molecule has 0 aliphatic rings. The van der Waals surface area contributed by atoms with Gasteiger partial charge in [0.25, 0.3) is 0 Å². The second-order valence-electron chi connectivity index (χ2n) is 4.10. The van der Waals surface area contributed by atoms with Crippen molar-refractivity contribution in [3.05, 3.63) is 0 Å². The molecule has 100 valence electrons. The number of hydrogen-bond donors (Lipinski definition) is 2. The van der Waals surface area contributed by atoms with Crippen molar-refractivity contribution in [2.45, 2.75) is 33.6 Å². The minimum absolute atomic E-state index is 0.0365. The van der Waals surface area contributed by atoms with Gasteiger partial charge in [0.15, 0.2) is 0 Å². The Bertz CT molecular complexity index is 242. The molecule has 0 aromatic carbocycles. The highest BCUT2D eigenvalue weighted by atomic mass is 32.2. The molecule has 1 amide bonds. The lowest BCUT2D eigenvalue weighted by Crippen LogP contribution is -2.34. The number of aliphatic carboxylic acids is 1. The number of carboxylic acids is 1. The Morgan fingerprint density at radius 2 is 1.88 bits per heavy atom. The summed E-state index contributed by atoms with van der Waals surface area (Å²) in [5.74, 6) is 0.476. The van der Waals surface area contributed by atoms with Crippen molar-refractivity contribution < 1.29 is 14.7 Å². The molecule has 0 heterocycles. The van der Waals surface area contributed by atoms with E-state index in [0.717, 1.165) is 12.8 Å². The Hall–Kier alpha value is -0.710. The minimum atomic E-state index is -0.813. The zero-order chi connectivity index (χ0) is 13.3. The topological polar surface area (TPSA) is 66.4 Å². The molecule has 0 aliphatic heterocycles. The van der Waals surface area contributed by atoms with E-state index in [1.807, 2.05) is 6.92 Å². The Labute approximate surface area is 108 Å². The lowest BCUT2D eigenvalue weighted by atomic mass is 9.89. The van der Waals surface area contributed by atoms with Gasteiger partial charge in [0, 0.05) is 18.2 Å². The minimum Gasteiger partial charge on any atom is -0.481 e. The molecule has 4 nitrogen and oxygen atoms in total. The standard InChI is InChI=1S/C12H23NO3S/c1-4-10(5-2)9(3)12(16)13-6-7-17-8-11(14)15/h9-10H,4-8H2,1-3H3,(H,13,16)(H,14,15). The summed E-state index contributed by atoms with van der Waals surface area (Å²) in [5.41, 5.74) is 0. The number of hydrogen-bond acceptors (Lipinski definition) is 3. The average Bonchev–Trinajstić information content (AvgIpc) is 2.29. The number of nitrogens with one attached hydrogen (secondary N) is 1.